The zero-order chi connectivity index (χ0) is 20.1. The topological polar surface area (TPSA) is 76.7 Å². The molecule has 1 aliphatic heterocycles. The average molecular weight is 447 g/mol. The molecular weight excluding hydrogens is 424 g/mol. The number of anilines is 1. The van der Waals surface area contributed by atoms with Crippen molar-refractivity contribution in [2.24, 2.45) is 0 Å². The van der Waals surface area contributed by atoms with Gasteiger partial charge in [-0.1, -0.05) is 28.1 Å². The van der Waals surface area contributed by atoms with Gasteiger partial charge < -0.3 is 20.1 Å². The molecule has 0 fully saturated rings. The molecule has 0 aliphatic carbocycles. The highest BCUT2D eigenvalue weighted by Gasteiger charge is 2.32. The Labute approximate surface area is 172 Å². The normalized spacial score (nSPS) is 14.0. The summed E-state index contributed by atoms with van der Waals surface area (Å²) >= 11 is 3.34. The van der Waals surface area contributed by atoms with E-state index < -0.39 is 0 Å². The minimum atomic E-state index is -0.286. The molecule has 2 aromatic carbocycles. The van der Waals surface area contributed by atoms with Crippen LogP contribution in [0.2, 0.25) is 0 Å². The number of amides is 2. The number of benzene rings is 2. The van der Waals surface area contributed by atoms with Gasteiger partial charge in [-0.25, -0.2) is 0 Å². The summed E-state index contributed by atoms with van der Waals surface area (Å²) in [5.41, 5.74) is 1.52. The summed E-state index contributed by atoms with van der Waals surface area (Å²) in [4.78, 5) is 23.9. The first-order valence-electron chi connectivity index (χ1n) is 9.08. The highest BCUT2D eigenvalue weighted by Crippen LogP contribution is 2.41. The smallest absolute Gasteiger partial charge is 0.257 e. The molecule has 0 radical (unpaired) electrons. The lowest BCUT2D eigenvalue weighted by Gasteiger charge is -2.18. The highest BCUT2D eigenvalue weighted by molar-refractivity contribution is 9.10. The van der Waals surface area contributed by atoms with Crippen LogP contribution < -0.4 is 20.1 Å². The molecule has 2 amide bonds. The average Bonchev–Trinajstić information content (AvgIpc) is 2.96. The second-order valence-corrected chi connectivity index (χ2v) is 8.14. The molecule has 0 atom stereocenters. The first-order valence-corrected chi connectivity index (χ1v) is 9.87. The Morgan fingerprint density at radius 1 is 1.14 bits per heavy atom. The maximum Gasteiger partial charge on any atom is 0.257 e. The van der Waals surface area contributed by atoms with E-state index >= 15 is 0 Å². The molecule has 148 valence electrons. The highest BCUT2D eigenvalue weighted by atomic mass is 79.9. The van der Waals surface area contributed by atoms with Gasteiger partial charge >= 0.3 is 0 Å². The van der Waals surface area contributed by atoms with E-state index in [0.717, 1.165) is 16.5 Å². The van der Waals surface area contributed by atoms with Gasteiger partial charge in [0.05, 0.1) is 0 Å². The zero-order valence-corrected chi connectivity index (χ0v) is 17.5. The fourth-order valence-electron chi connectivity index (χ4n) is 2.97. The van der Waals surface area contributed by atoms with Gasteiger partial charge in [-0.05, 0) is 44.2 Å². The van der Waals surface area contributed by atoms with Crippen LogP contribution in [0.4, 0.5) is 5.69 Å². The largest absolute Gasteiger partial charge is 0.483 e. The van der Waals surface area contributed by atoms with E-state index in [0.29, 0.717) is 17.2 Å². The molecule has 2 N–H and O–H groups in total. The van der Waals surface area contributed by atoms with Crippen LogP contribution in [0.3, 0.4) is 0 Å². The van der Waals surface area contributed by atoms with Gasteiger partial charge in [0.1, 0.15) is 5.60 Å². The summed E-state index contributed by atoms with van der Waals surface area (Å²) in [5, 5.41) is 5.47. The molecule has 1 aliphatic rings. The number of ether oxygens (including phenoxy) is 2. The maximum atomic E-state index is 12.0. The monoisotopic (exact) mass is 446 g/mol. The third kappa shape index (κ3) is 5.48. The molecule has 0 bridgehead atoms. The zero-order valence-electron chi connectivity index (χ0n) is 15.9. The molecule has 0 aromatic heterocycles. The van der Waals surface area contributed by atoms with Crippen LogP contribution in [0.15, 0.2) is 46.9 Å². The van der Waals surface area contributed by atoms with Gasteiger partial charge in [-0.2, -0.15) is 0 Å². The Hall–Kier alpha value is -2.54. The van der Waals surface area contributed by atoms with Crippen LogP contribution in [0, 0.1) is 0 Å². The molecule has 3 rings (SSSR count). The predicted molar refractivity (Wildman–Crippen MR) is 111 cm³/mol. The number of rotatable bonds is 7. The van der Waals surface area contributed by atoms with Crippen molar-refractivity contribution in [3.05, 3.63) is 52.5 Å². The first-order chi connectivity index (χ1) is 13.3. The SMILES string of the molecule is CC1(C)Cc2cccc(OCC(=O)NCCC(=O)Nc3ccc(Br)cc3)c2O1. The van der Waals surface area contributed by atoms with Crippen molar-refractivity contribution in [2.45, 2.75) is 32.3 Å². The van der Waals surface area contributed by atoms with E-state index in [2.05, 4.69) is 26.6 Å². The molecular formula is C21H23BrN2O4. The number of fused-ring (bicyclic) bond motifs is 1. The second kappa shape index (κ2) is 8.65. The lowest BCUT2D eigenvalue weighted by molar-refractivity contribution is -0.123. The molecule has 0 saturated carbocycles. The number of hydrogen-bond donors (Lipinski definition) is 2. The van der Waals surface area contributed by atoms with Crippen molar-refractivity contribution in [1.82, 2.24) is 5.32 Å². The van der Waals surface area contributed by atoms with E-state index in [-0.39, 0.29) is 37.0 Å². The fourth-order valence-corrected chi connectivity index (χ4v) is 3.23. The van der Waals surface area contributed by atoms with Gasteiger partial charge in [0.15, 0.2) is 18.1 Å². The Bertz CT molecular complexity index is 865. The van der Waals surface area contributed by atoms with E-state index in [1.807, 2.05) is 38.1 Å². The third-order valence-corrected chi connectivity index (χ3v) is 4.74. The minimum absolute atomic E-state index is 0.130. The summed E-state index contributed by atoms with van der Waals surface area (Å²) in [6.07, 6.45) is 0.985. The number of halogens is 1. The lowest BCUT2D eigenvalue weighted by Crippen LogP contribution is -2.31. The molecule has 6 nitrogen and oxygen atoms in total. The van der Waals surface area contributed by atoms with Crippen molar-refractivity contribution >= 4 is 33.4 Å². The van der Waals surface area contributed by atoms with Crippen molar-refractivity contribution in [3.8, 4) is 11.5 Å². The summed E-state index contributed by atoms with van der Waals surface area (Å²) in [7, 11) is 0. The summed E-state index contributed by atoms with van der Waals surface area (Å²) in [6.45, 7) is 4.14. The molecule has 28 heavy (non-hydrogen) atoms. The summed E-state index contributed by atoms with van der Waals surface area (Å²) in [6, 6.07) is 13.0. The van der Waals surface area contributed by atoms with Crippen LogP contribution in [0.1, 0.15) is 25.8 Å². The van der Waals surface area contributed by atoms with Gasteiger partial charge in [-0.3, -0.25) is 9.59 Å². The number of carbonyl (C=O) groups is 2. The van der Waals surface area contributed by atoms with Gasteiger partial charge in [0.2, 0.25) is 5.91 Å². The molecule has 7 heteroatoms. The predicted octanol–water partition coefficient (Wildman–Crippen LogP) is 3.69. The standard InChI is InChI=1S/C21H23BrN2O4/c1-21(2)12-14-4-3-5-17(20(14)28-21)27-13-19(26)23-11-10-18(25)24-16-8-6-15(22)7-9-16/h3-9H,10-13H2,1-2H3,(H,23,26)(H,24,25). The lowest BCUT2D eigenvalue weighted by atomic mass is 10.0. The van der Waals surface area contributed by atoms with Crippen molar-refractivity contribution in [1.29, 1.82) is 0 Å². The molecule has 0 spiro atoms. The van der Waals surface area contributed by atoms with E-state index in [1.54, 1.807) is 18.2 Å². The Kier molecular flexibility index (Phi) is 6.24. The van der Waals surface area contributed by atoms with Crippen molar-refractivity contribution < 1.29 is 19.1 Å². The van der Waals surface area contributed by atoms with Crippen LogP contribution in [0.5, 0.6) is 11.5 Å². The molecule has 0 saturated heterocycles. The Morgan fingerprint density at radius 3 is 2.64 bits per heavy atom. The van der Waals surface area contributed by atoms with E-state index in [9.17, 15) is 9.59 Å². The summed E-state index contributed by atoms with van der Waals surface area (Å²) < 4.78 is 12.5. The quantitative estimate of drug-likeness (QED) is 0.679. The second-order valence-electron chi connectivity index (χ2n) is 7.23. The van der Waals surface area contributed by atoms with Crippen LogP contribution >= 0.6 is 15.9 Å². The maximum absolute atomic E-state index is 12.0. The van der Waals surface area contributed by atoms with Crippen LogP contribution in [-0.2, 0) is 16.0 Å². The number of hydrogen-bond acceptors (Lipinski definition) is 4. The minimum Gasteiger partial charge on any atom is -0.483 e. The number of carbonyl (C=O) groups excluding carboxylic acids is 2. The Balaban J connectivity index is 1.40. The molecule has 2 aromatic rings. The van der Waals surface area contributed by atoms with Gasteiger partial charge in [0, 0.05) is 35.1 Å². The molecule has 1 heterocycles. The Morgan fingerprint density at radius 2 is 1.89 bits per heavy atom. The van der Waals surface area contributed by atoms with Crippen LogP contribution in [-0.4, -0.2) is 30.6 Å². The van der Waals surface area contributed by atoms with Gasteiger partial charge in [0.25, 0.3) is 5.91 Å². The number of nitrogens with one attached hydrogen (secondary N) is 2. The van der Waals surface area contributed by atoms with Gasteiger partial charge in [-0.15, -0.1) is 0 Å². The molecule has 0 unspecified atom stereocenters. The summed E-state index contributed by atoms with van der Waals surface area (Å²) in [5.74, 6) is 0.812. The van der Waals surface area contributed by atoms with Crippen molar-refractivity contribution in [2.75, 3.05) is 18.5 Å². The first kappa shape index (κ1) is 20.2. The van der Waals surface area contributed by atoms with E-state index in [1.165, 1.54) is 0 Å². The third-order valence-electron chi connectivity index (χ3n) is 4.22. The fraction of sp³-hybridized carbons (Fsp3) is 0.333. The van der Waals surface area contributed by atoms with Crippen molar-refractivity contribution in [3.63, 3.8) is 0 Å². The van der Waals surface area contributed by atoms with Crippen LogP contribution in [0.25, 0.3) is 0 Å². The number of para-hydroxylation sites is 1. The van der Waals surface area contributed by atoms with E-state index in [4.69, 9.17) is 9.47 Å².